The highest BCUT2D eigenvalue weighted by Crippen LogP contribution is 2.20. The van der Waals surface area contributed by atoms with Crippen LogP contribution in [0.3, 0.4) is 0 Å². The Balaban J connectivity index is 1.44. The maximum atomic E-state index is 13.3. The summed E-state index contributed by atoms with van der Waals surface area (Å²) in [6.07, 6.45) is 3.81. The smallest absolute Gasteiger partial charge is 0.326 e. The molecular weight excluding hydrogens is 496 g/mol. The molecule has 2 aromatic rings. The summed E-state index contributed by atoms with van der Waals surface area (Å²) in [5.41, 5.74) is 1.98. The third-order valence-corrected chi connectivity index (χ3v) is 7.45. The van der Waals surface area contributed by atoms with E-state index in [1.54, 1.807) is 0 Å². The second kappa shape index (κ2) is 13.9. The molecule has 2 aliphatic heterocycles. The highest BCUT2D eigenvalue weighted by atomic mass is 16.4. The second-order valence-electron chi connectivity index (χ2n) is 10.5. The fraction of sp³-hybridized carbons (Fsp3) is 0.467. The van der Waals surface area contributed by atoms with Gasteiger partial charge in [-0.15, -0.1) is 0 Å². The molecule has 4 atom stereocenters. The van der Waals surface area contributed by atoms with Crippen LogP contribution in [0.5, 0.6) is 0 Å². The zero-order valence-corrected chi connectivity index (χ0v) is 22.2. The van der Waals surface area contributed by atoms with Crippen LogP contribution in [-0.2, 0) is 32.0 Å². The zero-order valence-electron chi connectivity index (χ0n) is 22.2. The molecule has 39 heavy (non-hydrogen) atoms. The van der Waals surface area contributed by atoms with Crippen LogP contribution in [0.25, 0.3) is 0 Å². The summed E-state index contributed by atoms with van der Waals surface area (Å²) in [7, 11) is 0. The summed E-state index contributed by atoms with van der Waals surface area (Å²) >= 11 is 0. The van der Waals surface area contributed by atoms with Crippen molar-refractivity contribution in [3.05, 3.63) is 71.8 Å². The minimum atomic E-state index is -0.999. The second-order valence-corrected chi connectivity index (χ2v) is 10.5. The molecule has 2 heterocycles. The topological polar surface area (TPSA) is 128 Å². The van der Waals surface area contributed by atoms with Crippen LogP contribution in [0.4, 0.5) is 0 Å². The van der Waals surface area contributed by atoms with Gasteiger partial charge in [-0.05, 0) is 56.2 Å². The van der Waals surface area contributed by atoms with Gasteiger partial charge in [0, 0.05) is 31.5 Å². The summed E-state index contributed by atoms with van der Waals surface area (Å²) in [6, 6.07) is 17.3. The lowest BCUT2D eigenvalue weighted by Crippen LogP contribution is -2.49. The van der Waals surface area contributed by atoms with Gasteiger partial charge >= 0.3 is 5.97 Å². The van der Waals surface area contributed by atoms with Crippen LogP contribution >= 0.6 is 0 Å². The molecule has 9 nitrogen and oxygen atoms in total. The number of amides is 3. The Morgan fingerprint density at radius 2 is 1.46 bits per heavy atom. The maximum Gasteiger partial charge on any atom is 0.326 e. The van der Waals surface area contributed by atoms with Crippen LogP contribution < -0.4 is 16.0 Å². The van der Waals surface area contributed by atoms with Crippen molar-refractivity contribution in [3.8, 4) is 0 Å². The van der Waals surface area contributed by atoms with E-state index < -0.39 is 24.1 Å². The van der Waals surface area contributed by atoms with E-state index in [9.17, 15) is 24.3 Å². The predicted octanol–water partition coefficient (Wildman–Crippen LogP) is 2.05. The number of carboxylic acid groups (broad SMARTS) is 1. The number of carboxylic acids is 1. The molecule has 0 aromatic heterocycles. The van der Waals surface area contributed by atoms with Gasteiger partial charge < -0.3 is 26.0 Å². The van der Waals surface area contributed by atoms with Gasteiger partial charge in [-0.3, -0.25) is 14.4 Å². The van der Waals surface area contributed by atoms with Gasteiger partial charge in [-0.1, -0.05) is 60.7 Å². The van der Waals surface area contributed by atoms with Crippen molar-refractivity contribution < 1.29 is 24.3 Å². The summed E-state index contributed by atoms with van der Waals surface area (Å²) < 4.78 is 0. The highest BCUT2D eigenvalue weighted by molar-refractivity contribution is 5.86. The van der Waals surface area contributed by atoms with Crippen molar-refractivity contribution in [1.82, 2.24) is 20.9 Å². The molecule has 0 saturated carbocycles. The Hall–Kier alpha value is -3.72. The van der Waals surface area contributed by atoms with Gasteiger partial charge in [0.2, 0.25) is 17.7 Å². The van der Waals surface area contributed by atoms with Crippen LogP contribution in [0.15, 0.2) is 60.7 Å². The molecule has 2 aromatic carbocycles. The van der Waals surface area contributed by atoms with Crippen molar-refractivity contribution >= 4 is 23.7 Å². The lowest BCUT2D eigenvalue weighted by atomic mass is 10.00. The molecule has 3 amide bonds. The lowest BCUT2D eigenvalue weighted by molar-refractivity contribution is -0.148. The van der Waals surface area contributed by atoms with Crippen molar-refractivity contribution in [2.45, 2.75) is 75.5 Å². The van der Waals surface area contributed by atoms with E-state index in [0.29, 0.717) is 32.2 Å². The number of likely N-dealkylation sites (tertiary alicyclic amines) is 1. The summed E-state index contributed by atoms with van der Waals surface area (Å²) in [5, 5.41) is 18.8. The van der Waals surface area contributed by atoms with Gasteiger partial charge in [0.15, 0.2) is 0 Å². The number of nitrogens with one attached hydrogen (secondary N) is 3. The fourth-order valence-electron chi connectivity index (χ4n) is 5.52. The van der Waals surface area contributed by atoms with E-state index in [4.69, 9.17) is 0 Å². The molecule has 0 unspecified atom stereocenters. The van der Waals surface area contributed by atoms with Gasteiger partial charge in [-0.2, -0.15) is 0 Å². The Labute approximate surface area is 229 Å². The van der Waals surface area contributed by atoms with E-state index in [1.807, 2.05) is 60.7 Å². The number of hydrogen-bond acceptors (Lipinski definition) is 5. The van der Waals surface area contributed by atoms with Crippen molar-refractivity contribution in [2.24, 2.45) is 0 Å². The summed E-state index contributed by atoms with van der Waals surface area (Å²) in [6.45, 7) is 1.21. The first kappa shape index (κ1) is 28.3. The molecule has 9 heteroatoms. The molecule has 2 saturated heterocycles. The number of benzene rings is 2. The number of nitrogens with zero attached hydrogens (tertiary/aromatic N) is 1. The predicted molar refractivity (Wildman–Crippen MR) is 147 cm³/mol. The third kappa shape index (κ3) is 8.38. The molecule has 0 radical (unpaired) electrons. The third-order valence-electron chi connectivity index (χ3n) is 7.45. The molecule has 0 aliphatic carbocycles. The molecule has 4 N–H and O–H groups in total. The fourth-order valence-corrected chi connectivity index (χ4v) is 5.52. The van der Waals surface area contributed by atoms with Crippen molar-refractivity contribution in [2.75, 3.05) is 13.1 Å². The van der Waals surface area contributed by atoms with Crippen LogP contribution in [0.2, 0.25) is 0 Å². The van der Waals surface area contributed by atoms with Gasteiger partial charge in [0.05, 0.1) is 6.04 Å². The van der Waals surface area contributed by atoms with Crippen LogP contribution in [0, 0.1) is 0 Å². The molecular formula is C30H38N4O5. The first-order valence-electron chi connectivity index (χ1n) is 13.8. The van der Waals surface area contributed by atoms with E-state index in [1.165, 1.54) is 4.90 Å². The monoisotopic (exact) mass is 534 g/mol. The zero-order chi connectivity index (χ0) is 27.6. The Morgan fingerprint density at radius 1 is 0.846 bits per heavy atom. The Kier molecular flexibility index (Phi) is 10.1. The highest BCUT2D eigenvalue weighted by Gasteiger charge is 2.35. The molecule has 2 aliphatic rings. The molecule has 208 valence electrons. The molecule has 0 bridgehead atoms. The SMILES string of the molecule is O=C(C[C@H](Cc1ccccc1)NC(=O)[C@@H]1CCCN1)N[C@H](CC(=O)N1CCC[C@H]1C(=O)O)Cc1ccccc1. The van der Waals surface area contributed by atoms with Crippen LogP contribution in [0.1, 0.15) is 49.7 Å². The van der Waals surface area contributed by atoms with Crippen LogP contribution in [-0.4, -0.2) is 71.0 Å². The van der Waals surface area contributed by atoms with E-state index in [-0.39, 0.29) is 36.6 Å². The summed E-state index contributed by atoms with van der Waals surface area (Å²) in [4.78, 5) is 52.4. The lowest BCUT2D eigenvalue weighted by Gasteiger charge is -2.26. The van der Waals surface area contributed by atoms with Gasteiger partial charge in [0.1, 0.15) is 6.04 Å². The average molecular weight is 535 g/mol. The number of aliphatic carboxylic acids is 1. The standard InChI is InChI=1S/C30H38N4O5/c35-27(19-23(17-21-9-3-1-4-10-21)33-29(37)25-13-7-15-31-25)32-24(18-22-11-5-2-6-12-22)20-28(36)34-16-8-14-26(34)30(38)39/h1-6,9-12,23-26,31H,7-8,13-20H2,(H,32,35)(H,33,37)(H,38,39)/t23-,24-,25-,26-/m0/s1. The quantitative estimate of drug-likeness (QED) is 0.330. The first-order valence-corrected chi connectivity index (χ1v) is 13.8. The first-order chi connectivity index (χ1) is 18.9. The largest absolute Gasteiger partial charge is 0.480 e. The van der Waals surface area contributed by atoms with Crippen molar-refractivity contribution in [3.63, 3.8) is 0 Å². The molecule has 2 fully saturated rings. The number of hydrogen-bond donors (Lipinski definition) is 4. The minimum Gasteiger partial charge on any atom is -0.480 e. The maximum absolute atomic E-state index is 13.3. The summed E-state index contributed by atoms with van der Waals surface area (Å²) in [5.74, 6) is -1.64. The van der Waals surface area contributed by atoms with E-state index >= 15 is 0 Å². The Morgan fingerprint density at radius 3 is 2.03 bits per heavy atom. The number of carbonyl (C=O) groups is 4. The van der Waals surface area contributed by atoms with E-state index in [2.05, 4.69) is 16.0 Å². The molecule has 0 spiro atoms. The van der Waals surface area contributed by atoms with E-state index in [0.717, 1.165) is 30.5 Å². The Bertz CT molecular complexity index is 1120. The van der Waals surface area contributed by atoms with Gasteiger partial charge in [0.25, 0.3) is 0 Å². The average Bonchev–Trinajstić information content (AvgIpc) is 3.63. The number of rotatable bonds is 12. The number of carbonyl (C=O) groups excluding carboxylic acids is 3. The normalized spacial score (nSPS) is 20.3. The minimum absolute atomic E-state index is 0.00607. The molecule has 4 rings (SSSR count). The van der Waals surface area contributed by atoms with Gasteiger partial charge in [-0.25, -0.2) is 4.79 Å². The van der Waals surface area contributed by atoms with Crippen molar-refractivity contribution in [1.29, 1.82) is 0 Å².